The van der Waals surface area contributed by atoms with E-state index in [2.05, 4.69) is 54.7 Å². The van der Waals surface area contributed by atoms with Gasteiger partial charge in [-0.2, -0.15) is 0 Å². The van der Waals surface area contributed by atoms with Crippen LogP contribution in [0.3, 0.4) is 0 Å². The molecule has 3 nitrogen and oxygen atoms in total. The van der Waals surface area contributed by atoms with Gasteiger partial charge in [-0.1, -0.05) is 17.7 Å². The van der Waals surface area contributed by atoms with Crippen molar-refractivity contribution in [3.63, 3.8) is 0 Å². The zero-order chi connectivity index (χ0) is 14.9. The van der Waals surface area contributed by atoms with E-state index in [1.165, 1.54) is 0 Å². The molecule has 108 valence electrons. The van der Waals surface area contributed by atoms with E-state index in [0.717, 1.165) is 34.2 Å². The first kappa shape index (κ1) is 15.1. The van der Waals surface area contributed by atoms with Crippen LogP contribution in [0.25, 0.3) is 5.69 Å². The van der Waals surface area contributed by atoms with Gasteiger partial charge in [0.15, 0.2) is 0 Å². The Bertz CT molecular complexity index is 609. The van der Waals surface area contributed by atoms with Crippen LogP contribution in [-0.4, -0.2) is 15.1 Å². The molecule has 1 N–H and O–H groups in total. The van der Waals surface area contributed by atoms with Crippen molar-refractivity contribution in [3.05, 3.63) is 46.5 Å². The van der Waals surface area contributed by atoms with Gasteiger partial charge in [-0.25, -0.2) is 4.98 Å². The molecule has 4 heteroatoms. The van der Waals surface area contributed by atoms with Crippen LogP contribution in [0.15, 0.2) is 24.5 Å². The van der Waals surface area contributed by atoms with Crippen LogP contribution < -0.4 is 5.32 Å². The lowest BCUT2D eigenvalue weighted by molar-refractivity contribution is 0.424. The zero-order valence-electron chi connectivity index (χ0n) is 12.8. The van der Waals surface area contributed by atoms with Crippen molar-refractivity contribution >= 4 is 11.6 Å². The van der Waals surface area contributed by atoms with Gasteiger partial charge in [0.25, 0.3) is 0 Å². The normalized spacial score (nSPS) is 11.9. The molecule has 0 amide bonds. The summed E-state index contributed by atoms with van der Waals surface area (Å²) in [6.07, 6.45) is 1.84. The minimum atomic E-state index is 0.0834. The maximum atomic E-state index is 6.39. The Hall–Kier alpha value is -1.32. The fourth-order valence-corrected chi connectivity index (χ4v) is 2.19. The van der Waals surface area contributed by atoms with Crippen LogP contribution in [0.5, 0.6) is 0 Å². The maximum Gasteiger partial charge on any atom is 0.0997 e. The summed E-state index contributed by atoms with van der Waals surface area (Å²) in [6.45, 7) is 11.3. The smallest absolute Gasteiger partial charge is 0.0997 e. The molecular formula is C16H22ClN3. The molecule has 0 radical (unpaired) electrons. The topological polar surface area (TPSA) is 29.9 Å². The van der Waals surface area contributed by atoms with Crippen molar-refractivity contribution in [3.8, 4) is 5.69 Å². The fraction of sp³-hybridized carbons (Fsp3) is 0.438. The maximum absolute atomic E-state index is 6.39. The predicted molar refractivity (Wildman–Crippen MR) is 84.6 cm³/mol. The summed E-state index contributed by atoms with van der Waals surface area (Å²) in [4.78, 5) is 4.32. The van der Waals surface area contributed by atoms with Crippen molar-refractivity contribution in [2.24, 2.45) is 0 Å². The van der Waals surface area contributed by atoms with Gasteiger partial charge < -0.3 is 9.88 Å². The molecule has 0 saturated heterocycles. The van der Waals surface area contributed by atoms with Gasteiger partial charge in [0, 0.05) is 28.5 Å². The number of halogens is 1. The average molecular weight is 292 g/mol. The summed E-state index contributed by atoms with van der Waals surface area (Å²) in [5.41, 5.74) is 4.42. The van der Waals surface area contributed by atoms with Gasteiger partial charge in [-0.15, -0.1) is 0 Å². The van der Waals surface area contributed by atoms with Crippen molar-refractivity contribution < 1.29 is 0 Å². The summed E-state index contributed by atoms with van der Waals surface area (Å²) in [6, 6.07) is 6.15. The van der Waals surface area contributed by atoms with Crippen molar-refractivity contribution in [2.75, 3.05) is 0 Å². The molecule has 20 heavy (non-hydrogen) atoms. The molecule has 0 aliphatic rings. The van der Waals surface area contributed by atoms with E-state index >= 15 is 0 Å². The summed E-state index contributed by atoms with van der Waals surface area (Å²) < 4.78 is 2.06. The number of aryl methyl sites for hydroxylation is 1. The number of rotatable bonds is 3. The lowest BCUT2D eigenvalue weighted by Crippen LogP contribution is -2.35. The van der Waals surface area contributed by atoms with E-state index in [0.29, 0.717) is 0 Å². The van der Waals surface area contributed by atoms with Crippen LogP contribution in [0, 0.1) is 13.8 Å². The van der Waals surface area contributed by atoms with Crippen LogP contribution >= 0.6 is 11.6 Å². The molecule has 0 aliphatic heterocycles. The fourth-order valence-electron chi connectivity index (χ4n) is 1.95. The summed E-state index contributed by atoms with van der Waals surface area (Å²) in [7, 11) is 0. The zero-order valence-corrected chi connectivity index (χ0v) is 13.5. The number of hydrogen-bond donors (Lipinski definition) is 1. The van der Waals surface area contributed by atoms with Crippen LogP contribution in [0.1, 0.15) is 37.7 Å². The monoisotopic (exact) mass is 291 g/mol. The van der Waals surface area contributed by atoms with E-state index in [1.54, 1.807) is 0 Å². The molecule has 0 saturated carbocycles. The minimum Gasteiger partial charge on any atom is -0.308 e. The molecule has 0 fully saturated rings. The second kappa shape index (κ2) is 5.58. The van der Waals surface area contributed by atoms with Crippen molar-refractivity contribution in [1.29, 1.82) is 0 Å². The van der Waals surface area contributed by atoms with Crippen LogP contribution in [0.4, 0.5) is 0 Å². The van der Waals surface area contributed by atoms with E-state index in [1.807, 2.05) is 19.3 Å². The van der Waals surface area contributed by atoms with Crippen molar-refractivity contribution in [2.45, 2.75) is 46.7 Å². The van der Waals surface area contributed by atoms with Gasteiger partial charge >= 0.3 is 0 Å². The molecule has 1 heterocycles. The first-order chi connectivity index (χ1) is 9.28. The summed E-state index contributed by atoms with van der Waals surface area (Å²) in [5, 5.41) is 4.23. The largest absolute Gasteiger partial charge is 0.308 e. The lowest BCUT2D eigenvalue weighted by Gasteiger charge is -2.21. The SMILES string of the molecule is Cc1ncn(-c2ccc(CNC(C)(C)C)c(Cl)c2)c1C. The minimum absolute atomic E-state index is 0.0834. The Morgan fingerprint density at radius 1 is 1.25 bits per heavy atom. The molecule has 0 unspecified atom stereocenters. The Morgan fingerprint density at radius 3 is 2.45 bits per heavy atom. The lowest BCUT2D eigenvalue weighted by atomic mass is 10.1. The van der Waals surface area contributed by atoms with E-state index in [4.69, 9.17) is 11.6 Å². The standard InChI is InChI=1S/C16H22ClN3/c1-11-12(2)20(10-18-11)14-7-6-13(15(17)8-14)9-19-16(3,4)5/h6-8,10,19H,9H2,1-5H3. The van der Waals surface area contributed by atoms with Crippen LogP contribution in [0.2, 0.25) is 5.02 Å². The summed E-state index contributed by atoms with van der Waals surface area (Å²) in [5.74, 6) is 0. The average Bonchev–Trinajstić information content (AvgIpc) is 2.67. The molecule has 2 aromatic rings. The quantitative estimate of drug-likeness (QED) is 0.925. The Morgan fingerprint density at radius 2 is 1.95 bits per heavy atom. The number of benzene rings is 1. The number of hydrogen-bond acceptors (Lipinski definition) is 2. The van der Waals surface area contributed by atoms with Gasteiger partial charge in [0.1, 0.15) is 0 Å². The van der Waals surface area contributed by atoms with Crippen molar-refractivity contribution in [1.82, 2.24) is 14.9 Å². The second-order valence-electron chi connectivity index (χ2n) is 6.16. The molecule has 1 aromatic carbocycles. The molecule has 2 rings (SSSR count). The van der Waals surface area contributed by atoms with E-state index in [-0.39, 0.29) is 5.54 Å². The highest BCUT2D eigenvalue weighted by molar-refractivity contribution is 6.31. The predicted octanol–water partition coefficient (Wildman–Crippen LogP) is 4.03. The first-order valence-electron chi connectivity index (χ1n) is 6.82. The van der Waals surface area contributed by atoms with Gasteiger partial charge in [0.2, 0.25) is 0 Å². The third kappa shape index (κ3) is 3.41. The molecule has 0 spiro atoms. The summed E-state index contributed by atoms with van der Waals surface area (Å²) >= 11 is 6.39. The van der Waals surface area contributed by atoms with Crippen LogP contribution in [-0.2, 0) is 6.54 Å². The highest BCUT2D eigenvalue weighted by Crippen LogP contribution is 2.22. The van der Waals surface area contributed by atoms with E-state index in [9.17, 15) is 0 Å². The number of nitrogens with zero attached hydrogens (tertiary/aromatic N) is 2. The second-order valence-corrected chi connectivity index (χ2v) is 6.57. The van der Waals surface area contributed by atoms with Gasteiger partial charge in [0.05, 0.1) is 12.0 Å². The first-order valence-corrected chi connectivity index (χ1v) is 7.20. The highest BCUT2D eigenvalue weighted by Gasteiger charge is 2.11. The Balaban J connectivity index is 2.24. The van der Waals surface area contributed by atoms with E-state index < -0.39 is 0 Å². The van der Waals surface area contributed by atoms with Gasteiger partial charge in [-0.3, -0.25) is 0 Å². The number of aromatic nitrogens is 2. The highest BCUT2D eigenvalue weighted by atomic mass is 35.5. The molecule has 1 aromatic heterocycles. The molecular weight excluding hydrogens is 270 g/mol. The molecule has 0 aliphatic carbocycles. The molecule has 0 bridgehead atoms. The number of imidazole rings is 1. The third-order valence-electron chi connectivity index (χ3n) is 3.38. The Labute approximate surface area is 126 Å². The number of nitrogens with one attached hydrogen (secondary N) is 1. The molecule has 0 atom stereocenters. The van der Waals surface area contributed by atoms with Gasteiger partial charge in [-0.05, 0) is 52.3 Å². The third-order valence-corrected chi connectivity index (χ3v) is 3.73. The Kier molecular flexibility index (Phi) is 4.21.